The second kappa shape index (κ2) is 9.15. The topological polar surface area (TPSA) is 55.2 Å². The second-order valence-electron chi connectivity index (χ2n) is 7.54. The van der Waals surface area contributed by atoms with Gasteiger partial charge in [-0.25, -0.2) is 0 Å². The van der Waals surface area contributed by atoms with E-state index < -0.39 is 0 Å². The third kappa shape index (κ3) is 4.50. The number of piperidine rings is 1. The smallest absolute Gasteiger partial charge is 0.229 e. The molecular formula is C22H30N2O4. The number of carbonyl (C=O) groups excluding carboxylic acids is 1. The zero-order chi connectivity index (χ0) is 20.1. The van der Waals surface area contributed by atoms with Gasteiger partial charge in [0.15, 0.2) is 11.5 Å². The Kier molecular flexibility index (Phi) is 6.62. The molecule has 1 aliphatic heterocycles. The van der Waals surface area contributed by atoms with E-state index in [1.54, 1.807) is 26.7 Å². The standard InChI is InChI=1S/C22H30N2O4/c1-16(2)22(25)24(19-5-6-20(26-3)21(13-19)27-4)18-7-10-23(11-8-18)14-17-9-12-28-15-17/h5-6,9,12-13,15-16,18H,7-8,10-11,14H2,1-4H3. The Bertz CT molecular complexity index is 765. The van der Waals surface area contributed by atoms with E-state index in [1.807, 2.05) is 43.0 Å². The maximum absolute atomic E-state index is 13.1. The number of amides is 1. The average Bonchev–Trinajstić information content (AvgIpc) is 3.22. The molecule has 1 amide bonds. The molecule has 28 heavy (non-hydrogen) atoms. The molecule has 6 nitrogen and oxygen atoms in total. The van der Waals surface area contributed by atoms with Gasteiger partial charge in [0.25, 0.3) is 0 Å². The van der Waals surface area contributed by atoms with Gasteiger partial charge in [0.1, 0.15) is 0 Å². The van der Waals surface area contributed by atoms with Crippen LogP contribution in [-0.2, 0) is 11.3 Å². The van der Waals surface area contributed by atoms with Gasteiger partial charge in [0.05, 0.1) is 26.7 Å². The van der Waals surface area contributed by atoms with Crippen LogP contribution in [0.3, 0.4) is 0 Å². The number of methoxy groups -OCH3 is 2. The van der Waals surface area contributed by atoms with Crippen molar-refractivity contribution in [2.24, 2.45) is 5.92 Å². The SMILES string of the molecule is COc1ccc(N(C(=O)C(C)C)C2CCN(Cc3ccoc3)CC2)cc1OC. The first-order valence-corrected chi connectivity index (χ1v) is 9.82. The van der Waals surface area contributed by atoms with Crippen molar-refractivity contribution in [1.29, 1.82) is 0 Å². The Morgan fingerprint density at radius 2 is 1.89 bits per heavy atom. The van der Waals surface area contributed by atoms with Crippen molar-refractivity contribution in [1.82, 2.24) is 4.90 Å². The summed E-state index contributed by atoms with van der Waals surface area (Å²) in [6, 6.07) is 7.89. The molecule has 2 heterocycles. The fraction of sp³-hybridized carbons (Fsp3) is 0.500. The summed E-state index contributed by atoms with van der Waals surface area (Å²) in [6.45, 7) is 6.68. The van der Waals surface area contributed by atoms with Gasteiger partial charge in [-0.05, 0) is 31.0 Å². The molecule has 1 aromatic heterocycles. The summed E-state index contributed by atoms with van der Waals surface area (Å²) >= 11 is 0. The Morgan fingerprint density at radius 3 is 2.46 bits per heavy atom. The van der Waals surface area contributed by atoms with Crippen LogP contribution in [0.15, 0.2) is 41.2 Å². The average molecular weight is 386 g/mol. The molecule has 1 fully saturated rings. The van der Waals surface area contributed by atoms with Gasteiger partial charge in [-0.2, -0.15) is 0 Å². The van der Waals surface area contributed by atoms with Crippen LogP contribution in [0, 0.1) is 5.92 Å². The van der Waals surface area contributed by atoms with Crippen LogP contribution in [0.1, 0.15) is 32.3 Å². The van der Waals surface area contributed by atoms with Crippen molar-refractivity contribution in [3.05, 3.63) is 42.4 Å². The number of ether oxygens (including phenoxy) is 2. The molecule has 6 heteroatoms. The van der Waals surface area contributed by atoms with Crippen LogP contribution in [0.2, 0.25) is 0 Å². The van der Waals surface area contributed by atoms with Crippen LogP contribution in [0.25, 0.3) is 0 Å². The molecule has 2 aromatic rings. The lowest BCUT2D eigenvalue weighted by Crippen LogP contribution is -2.48. The number of hydrogen-bond acceptors (Lipinski definition) is 5. The largest absolute Gasteiger partial charge is 0.493 e. The predicted molar refractivity (Wildman–Crippen MR) is 109 cm³/mol. The van der Waals surface area contributed by atoms with E-state index in [-0.39, 0.29) is 17.9 Å². The molecule has 3 rings (SSSR count). The molecule has 0 N–H and O–H groups in total. The summed E-state index contributed by atoms with van der Waals surface area (Å²) in [5.41, 5.74) is 2.05. The third-order valence-corrected chi connectivity index (χ3v) is 5.29. The number of carbonyl (C=O) groups is 1. The van der Waals surface area contributed by atoms with Crippen LogP contribution < -0.4 is 14.4 Å². The maximum Gasteiger partial charge on any atom is 0.229 e. The minimum absolute atomic E-state index is 0.0722. The number of likely N-dealkylation sites (tertiary alicyclic amines) is 1. The lowest BCUT2D eigenvalue weighted by atomic mass is 9.99. The highest BCUT2D eigenvalue weighted by Crippen LogP contribution is 2.34. The first-order valence-electron chi connectivity index (χ1n) is 9.82. The Hall–Kier alpha value is -2.47. The number of rotatable bonds is 7. The van der Waals surface area contributed by atoms with Gasteiger partial charge in [0, 0.05) is 48.9 Å². The van der Waals surface area contributed by atoms with Crippen molar-refractivity contribution in [2.45, 2.75) is 39.3 Å². The van der Waals surface area contributed by atoms with Gasteiger partial charge >= 0.3 is 0 Å². The Morgan fingerprint density at radius 1 is 1.18 bits per heavy atom. The third-order valence-electron chi connectivity index (χ3n) is 5.29. The monoisotopic (exact) mass is 386 g/mol. The van der Waals surface area contributed by atoms with Crippen LogP contribution in [0.5, 0.6) is 11.5 Å². The highest BCUT2D eigenvalue weighted by atomic mass is 16.5. The van der Waals surface area contributed by atoms with E-state index in [0.29, 0.717) is 11.5 Å². The van der Waals surface area contributed by atoms with Crippen molar-refractivity contribution in [3.63, 3.8) is 0 Å². The fourth-order valence-corrected chi connectivity index (χ4v) is 3.75. The number of nitrogens with zero attached hydrogens (tertiary/aromatic N) is 2. The van der Waals surface area contributed by atoms with Gasteiger partial charge in [0.2, 0.25) is 5.91 Å². The zero-order valence-electron chi connectivity index (χ0n) is 17.2. The summed E-state index contributed by atoms with van der Waals surface area (Å²) in [5, 5.41) is 0. The fourth-order valence-electron chi connectivity index (χ4n) is 3.75. The summed E-state index contributed by atoms with van der Waals surface area (Å²) in [4.78, 5) is 17.4. The van der Waals surface area contributed by atoms with Crippen LogP contribution in [0.4, 0.5) is 5.69 Å². The summed E-state index contributed by atoms with van der Waals surface area (Å²) < 4.78 is 16.0. The Labute approximate surface area is 167 Å². The molecule has 1 aliphatic rings. The first-order chi connectivity index (χ1) is 13.5. The highest BCUT2D eigenvalue weighted by Gasteiger charge is 2.31. The van der Waals surface area contributed by atoms with Crippen molar-refractivity contribution in [3.8, 4) is 11.5 Å². The molecule has 0 saturated carbocycles. The summed E-state index contributed by atoms with van der Waals surface area (Å²) in [6.07, 6.45) is 5.38. The minimum atomic E-state index is -0.0722. The van der Waals surface area contributed by atoms with E-state index in [9.17, 15) is 4.79 Å². The molecular weight excluding hydrogens is 356 g/mol. The number of anilines is 1. The first kappa shape index (κ1) is 20.3. The molecule has 1 saturated heterocycles. The Balaban J connectivity index is 1.77. The van der Waals surface area contributed by atoms with Gasteiger partial charge < -0.3 is 18.8 Å². The molecule has 152 valence electrons. The summed E-state index contributed by atoms with van der Waals surface area (Å²) in [5.74, 6) is 1.37. The van der Waals surface area contributed by atoms with Crippen molar-refractivity contribution in [2.75, 3.05) is 32.2 Å². The van der Waals surface area contributed by atoms with Crippen molar-refractivity contribution >= 4 is 11.6 Å². The number of hydrogen-bond donors (Lipinski definition) is 0. The van der Waals surface area contributed by atoms with E-state index in [0.717, 1.165) is 38.2 Å². The molecule has 0 aliphatic carbocycles. The van der Waals surface area contributed by atoms with Gasteiger partial charge in [-0.15, -0.1) is 0 Å². The van der Waals surface area contributed by atoms with E-state index >= 15 is 0 Å². The normalized spacial score (nSPS) is 15.6. The molecule has 0 atom stereocenters. The molecule has 0 radical (unpaired) electrons. The van der Waals surface area contributed by atoms with Crippen molar-refractivity contribution < 1.29 is 18.7 Å². The number of benzene rings is 1. The molecule has 0 unspecified atom stereocenters. The molecule has 0 bridgehead atoms. The molecule has 0 spiro atoms. The van der Waals surface area contributed by atoms with Gasteiger partial charge in [-0.1, -0.05) is 13.8 Å². The minimum Gasteiger partial charge on any atom is -0.493 e. The lowest BCUT2D eigenvalue weighted by Gasteiger charge is -2.39. The zero-order valence-corrected chi connectivity index (χ0v) is 17.2. The van der Waals surface area contributed by atoms with Gasteiger partial charge in [-0.3, -0.25) is 9.69 Å². The predicted octanol–water partition coefficient (Wildman–Crippen LogP) is 3.95. The van der Waals surface area contributed by atoms with E-state index in [1.165, 1.54) is 5.56 Å². The van der Waals surface area contributed by atoms with Crippen LogP contribution >= 0.6 is 0 Å². The molecule has 1 aromatic carbocycles. The van der Waals surface area contributed by atoms with E-state index in [2.05, 4.69) is 4.90 Å². The summed E-state index contributed by atoms with van der Waals surface area (Å²) in [7, 11) is 3.23. The quantitative estimate of drug-likeness (QED) is 0.721. The highest BCUT2D eigenvalue weighted by molar-refractivity contribution is 5.95. The second-order valence-corrected chi connectivity index (χ2v) is 7.54. The lowest BCUT2D eigenvalue weighted by molar-refractivity contribution is -0.122. The van der Waals surface area contributed by atoms with E-state index in [4.69, 9.17) is 13.9 Å². The maximum atomic E-state index is 13.1. The van der Waals surface area contributed by atoms with Crippen LogP contribution in [-0.4, -0.2) is 44.2 Å². The number of furan rings is 1.